The van der Waals surface area contributed by atoms with Crippen LogP contribution in [0.1, 0.15) is 5.56 Å². The molecular formula is C7H8ClOP. The Balaban J connectivity index is 2.67. The number of rotatable bonds is 2. The zero-order valence-corrected chi connectivity index (χ0v) is 7.14. The fourth-order valence-corrected chi connectivity index (χ4v) is 1.78. The number of hydrogen-bond donors (Lipinski definition) is 0. The van der Waals surface area contributed by atoms with Crippen LogP contribution in [0.4, 0.5) is 0 Å². The first-order chi connectivity index (χ1) is 4.79. The van der Waals surface area contributed by atoms with E-state index in [1.807, 2.05) is 30.3 Å². The molecule has 0 aliphatic carbocycles. The minimum absolute atomic E-state index is 0.507. The summed E-state index contributed by atoms with van der Waals surface area (Å²) in [6.45, 7) is 0. The van der Waals surface area contributed by atoms with E-state index in [0.717, 1.165) is 5.56 Å². The first kappa shape index (κ1) is 7.84. The van der Waals surface area contributed by atoms with E-state index in [9.17, 15) is 4.57 Å². The highest BCUT2D eigenvalue weighted by molar-refractivity contribution is 7.73. The van der Waals surface area contributed by atoms with Gasteiger partial charge >= 0.3 is 0 Å². The van der Waals surface area contributed by atoms with Crippen LogP contribution in [0.2, 0.25) is 0 Å². The van der Waals surface area contributed by atoms with Gasteiger partial charge in [0.1, 0.15) is 0 Å². The fourth-order valence-electron chi connectivity index (χ4n) is 0.756. The lowest BCUT2D eigenvalue weighted by atomic mass is 10.2. The van der Waals surface area contributed by atoms with Crippen molar-refractivity contribution in [3.63, 3.8) is 0 Å². The van der Waals surface area contributed by atoms with Crippen LogP contribution >= 0.6 is 18.4 Å². The summed E-state index contributed by atoms with van der Waals surface area (Å²) in [6.07, 6.45) is 0.507. The van der Waals surface area contributed by atoms with Gasteiger partial charge in [0.25, 0.3) is 0 Å². The van der Waals surface area contributed by atoms with Crippen LogP contribution in [0, 0.1) is 0 Å². The smallest absolute Gasteiger partial charge is 0.162 e. The van der Waals surface area contributed by atoms with Crippen molar-refractivity contribution < 1.29 is 4.57 Å². The molecule has 1 rings (SSSR count). The van der Waals surface area contributed by atoms with E-state index in [1.165, 1.54) is 0 Å². The molecule has 0 saturated carbocycles. The first-order valence-electron chi connectivity index (χ1n) is 3.01. The maximum atomic E-state index is 10.6. The SMILES string of the molecule is O=[PH](Cl)Cc1ccccc1. The highest BCUT2D eigenvalue weighted by Gasteiger charge is 1.94. The lowest BCUT2D eigenvalue weighted by molar-refractivity contribution is 0.595. The van der Waals surface area contributed by atoms with Crippen molar-refractivity contribution in [1.29, 1.82) is 0 Å². The zero-order valence-electron chi connectivity index (χ0n) is 5.38. The topological polar surface area (TPSA) is 17.1 Å². The molecule has 0 spiro atoms. The van der Waals surface area contributed by atoms with Gasteiger partial charge in [-0.1, -0.05) is 41.6 Å². The van der Waals surface area contributed by atoms with Gasteiger partial charge in [0.05, 0.1) is 0 Å². The van der Waals surface area contributed by atoms with E-state index in [2.05, 4.69) is 0 Å². The second-order valence-electron chi connectivity index (χ2n) is 2.02. The molecule has 1 unspecified atom stereocenters. The second-order valence-corrected chi connectivity index (χ2v) is 4.35. The Morgan fingerprint density at radius 2 is 1.90 bits per heavy atom. The highest BCUT2D eigenvalue weighted by atomic mass is 35.7. The van der Waals surface area contributed by atoms with Gasteiger partial charge in [-0.2, -0.15) is 0 Å². The molecule has 0 radical (unpaired) electrons. The molecule has 0 aliphatic heterocycles. The maximum Gasteiger partial charge on any atom is 0.162 e. The molecule has 3 heteroatoms. The average molecular weight is 175 g/mol. The molecular weight excluding hydrogens is 167 g/mol. The average Bonchev–Trinajstić information content (AvgIpc) is 1.88. The van der Waals surface area contributed by atoms with Gasteiger partial charge in [-0.15, -0.1) is 0 Å². The third kappa shape index (κ3) is 2.55. The lowest BCUT2D eigenvalue weighted by Crippen LogP contribution is -1.73. The van der Waals surface area contributed by atoms with Crippen molar-refractivity contribution >= 4 is 18.4 Å². The van der Waals surface area contributed by atoms with Crippen LogP contribution in [0.15, 0.2) is 30.3 Å². The second kappa shape index (κ2) is 3.80. The minimum Gasteiger partial charge on any atom is -0.310 e. The molecule has 54 valence electrons. The summed E-state index contributed by atoms with van der Waals surface area (Å²) in [5, 5.41) is 0. The van der Waals surface area contributed by atoms with Crippen LogP contribution in [0.25, 0.3) is 0 Å². The number of hydrogen-bond acceptors (Lipinski definition) is 1. The summed E-state index contributed by atoms with van der Waals surface area (Å²) < 4.78 is 10.6. The highest BCUT2D eigenvalue weighted by Crippen LogP contribution is 2.30. The summed E-state index contributed by atoms with van der Waals surface area (Å²) in [6, 6.07) is 9.60. The Kier molecular flexibility index (Phi) is 2.98. The quantitative estimate of drug-likeness (QED) is 0.630. The van der Waals surface area contributed by atoms with Crippen molar-refractivity contribution in [3.05, 3.63) is 35.9 Å². The van der Waals surface area contributed by atoms with E-state index in [-0.39, 0.29) is 0 Å². The van der Waals surface area contributed by atoms with Gasteiger partial charge in [0.2, 0.25) is 0 Å². The molecule has 0 fully saturated rings. The predicted molar refractivity (Wildman–Crippen MR) is 45.0 cm³/mol. The molecule has 1 aromatic carbocycles. The van der Waals surface area contributed by atoms with Gasteiger partial charge < -0.3 is 4.57 Å². The van der Waals surface area contributed by atoms with E-state index in [4.69, 9.17) is 11.2 Å². The third-order valence-electron chi connectivity index (χ3n) is 1.19. The van der Waals surface area contributed by atoms with Crippen molar-refractivity contribution in [2.45, 2.75) is 6.16 Å². The molecule has 0 heterocycles. The molecule has 0 N–H and O–H groups in total. The van der Waals surface area contributed by atoms with Gasteiger partial charge in [0, 0.05) is 6.16 Å². The van der Waals surface area contributed by atoms with Gasteiger partial charge in [-0.25, -0.2) is 0 Å². The van der Waals surface area contributed by atoms with Crippen molar-refractivity contribution in [3.8, 4) is 0 Å². The lowest BCUT2D eigenvalue weighted by Gasteiger charge is -1.93. The number of halogens is 1. The van der Waals surface area contributed by atoms with E-state index < -0.39 is 7.15 Å². The van der Waals surface area contributed by atoms with Gasteiger partial charge in [-0.3, -0.25) is 0 Å². The molecule has 1 atom stereocenters. The van der Waals surface area contributed by atoms with Crippen LogP contribution < -0.4 is 0 Å². The van der Waals surface area contributed by atoms with Crippen LogP contribution in [-0.4, -0.2) is 0 Å². The number of benzene rings is 1. The molecule has 0 bridgehead atoms. The molecule has 0 amide bonds. The summed E-state index contributed by atoms with van der Waals surface area (Å²) in [4.78, 5) is 0. The summed E-state index contributed by atoms with van der Waals surface area (Å²) in [5.41, 5.74) is 1.04. The Hall–Kier alpha value is -0.260. The van der Waals surface area contributed by atoms with E-state index in [1.54, 1.807) is 0 Å². The maximum absolute atomic E-state index is 10.6. The van der Waals surface area contributed by atoms with Crippen molar-refractivity contribution in [1.82, 2.24) is 0 Å². The first-order valence-corrected chi connectivity index (χ1v) is 5.64. The zero-order chi connectivity index (χ0) is 7.40. The molecule has 10 heavy (non-hydrogen) atoms. The monoisotopic (exact) mass is 174 g/mol. The normalized spacial score (nSPS) is 12.9. The molecule has 1 nitrogen and oxygen atoms in total. The molecule has 0 aromatic heterocycles. The standard InChI is InChI=1S/C7H8ClOP/c8-10(9)6-7-4-2-1-3-5-7/h1-5,10H,6H2. The van der Waals surface area contributed by atoms with Crippen molar-refractivity contribution in [2.24, 2.45) is 0 Å². The Labute approximate surface area is 65.6 Å². The fraction of sp³-hybridized carbons (Fsp3) is 0.143. The minimum atomic E-state index is -1.86. The van der Waals surface area contributed by atoms with E-state index >= 15 is 0 Å². The van der Waals surface area contributed by atoms with Gasteiger partial charge in [0.15, 0.2) is 7.15 Å². The van der Waals surface area contributed by atoms with Crippen LogP contribution in [-0.2, 0) is 10.7 Å². The Bertz CT molecular complexity index is 222. The molecule has 0 saturated heterocycles. The Morgan fingerprint density at radius 3 is 2.40 bits per heavy atom. The van der Waals surface area contributed by atoms with Crippen LogP contribution in [0.3, 0.4) is 0 Å². The molecule has 1 aromatic rings. The molecule has 0 aliphatic rings. The van der Waals surface area contributed by atoms with Crippen LogP contribution in [0.5, 0.6) is 0 Å². The van der Waals surface area contributed by atoms with Gasteiger partial charge in [-0.05, 0) is 5.56 Å². The summed E-state index contributed by atoms with van der Waals surface area (Å²) >= 11 is 5.36. The Morgan fingerprint density at radius 1 is 1.30 bits per heavy atom. The summed E-state index contributed by atoms with van der Waals surface area (Å²) in [7, 11) is -1.86. The summed E-state index contributed by atoms with van der Waals surface area (Å²) in [5.74, 6) is 0. The largest absolute Gasteiger partial charge is 0.310 e. The van der Waals surface area contributed by atoms with E-state index in [0.29, 0.717) is 6.16 Å². The predicted octanol–water partition coefficient (Wildman–Crippen LogP) is 2.90. The third-order valence-corrected chi connectivity index (χ3v) is 2.27. The van der Waals surface area contributed by atoms with Crippen molar-refractivity contribution in [2.75, 3.05) is 0 Å².